The Hall–Kier alpha value is -1.59. The third kappa shape index (κ3) is 4.84. The van der Waals surface area contributed by atoms with Crippen molar-refractivity contribution in [1.82, 2.24) is 4.90 Å². The van der Waals surface area contributed by atoms with Crippen molar-refractivity contribution in [1.29, 1.82) is 0 Å². The molecule has 1 heterocycles. The molecule has 0 radical (unpaired) electrons. The van der Waals surface area contributed by atoms with Gasteiger partial charge in [-0.15, -0.1) is 0 Å². The molecule has 1 saturated heterocycles. The Balaban J connectivity index is 0.00000102. The summed E-state index contributed by atoms with van der Waals surface area (Å²) in [7, 11) is 1.39. The maximum atomic E-state index is 13.0. The first-order valence-electron chi connectivity index (χ1n) is 15.1. The molecule has 0 bridgehead atoms. The van der Waals surface area contributed by atoms with E-state index in [-0.39, 0.29) is 28.8 Å². The van der Waals surface area contributed by atoms with Crippen LogP contribution in [0, 0.1) is 40.4 Å². The molecule has 210 valence electrons. The number of methoxy groups -OCH3 is 1. The highest BCUT2D eigenvalue weighted by atomic mass is 16.6. The lowest BCUT2D eigenvalue weighted by Gasteiger charge is -2.61. The van der Waals surface area contributed by atoms with Gasteiger partial charge in [0.25, 0.3) is 0 Å². The standard InChI is InChI=1S/C28H43NO5.C3H8/c1-17(2)14-22(24(31)33-5)29-16-28(34-25(29)32)13-12-26(3)18(15-28)6-7-19-20-8-9-23(30)27(20,4)11-10-21(19)26;1-3-2/h17-22H,6-16H2,1-5H3;3H2,1-2H3/t18-,19-,20-,21-,22+,26-,27-,28+;/m0./s1. The quantitative estimate of drug-likeness (QED) is 0.384. The summed E-state index contributed by atoms with van der Waals surface area (Å²) in [6.07, 6.45) is 10.7. The number of esters is 1. The molecule has 0 unspecified atom stereocenters. The lowest BCUT2D eigenvalue weighted by Crippen LogP contribution is -2.56. The zero-order chi connectivity index (χ0) is 27.2. The van der Waals surface area contributed by atoms with E-state index in [0.717, 1.165) is 51.4 Å². The number of fused-ring (bicyclic) bond motifs is 5. The van der Waals surface area contributed by atoms with Gasteiger partial charge >= 0.3 is 12.1 Å². The van der Waals surface area contributed by atoms with Crippen LogP contribution in [0.2, 0.25) is 0 Å². The minimum atomic E-state index is -0.572. The maximum Gasteiger partial charge on any atom is 0.411 e. The predicted molar refractivity (Wildman–Crippen MR) is 144 cm³/mol. The van der Waals surface area contributed by atoms with Crippen LogP contribution in [0.1, 0.15) is 112 Å². The Labute approximate surface area is 224 Å². The zero-order valence-electron chi connectivity index (χ0n) is 24.4. The van der Waals surface area contributed by atoms with E-state index in [2.05, 4.69) is 41.5 Å². The van der Waals surface area contributed by atoms with Crippen LogP contribution in [-0.2, 0) is 19.1 Å². The highest BCUT2D eigenvalue weighted by Gasteiger charge is 2.63. The molecule has 6 heteroatoms. The number of carbonyl (C=O) groups is 3. The molecule has 0 aromatic carbocycles. The van der Waals surface area contributed by atoms with Gasteiger partial charge in [-0.2, -0.15) is 0 Å². The zero-order valence-corrected chi connectivity index (χ0v) is 24.4. The maximum absolute atomic E-state index is 13.0. The Morgan fingerprint density at radius 3 is 2.41 bits per heavy atom. The van der Waals surface area contributed by atoms with Crippen LogP contribution in [0.5, 0.6) is 0 Å². The van der Waals surface area contributed by atoms with Crippen molar-refractivity contribution in [3.05, 3.63) is 0 Å². The van der Waals surface area contributed by atoms with Crippen molar-refractivity contribution in [2.75, 3.05) is 13.7 Å². The second-order valence-electron chi connectivity index (χ2n) is 13.8. The van der Waals surface area contributed by atoms with Crippen molar-refractivity contribution in [3.63, 3.8) is 0 Å². The van der Waals surface area contributed by atoms with E-state index in [4.69, 9.17) is 9.47 Å². The topological polar surface area (TPSA) is 72.9 Å². The number of hydrogen-bond acceptors (Lipinski definition) is 5. The molecule has 0 aromatic heterocycles. The van der Waals surface area contributed by atoms with Crippen LogP contribution >= 0.6 is 0 Å². The molecular weight excluding hydrogens is 466 g/mol. The molecule has 0 N–H and O–H groups in total. The van der Waals surface area contributed by atoms with Gasteiger partial charge in [0.2, 0.25) is 0 Å². The summed E-state index contributed by atoms with van der Waals surface area (Å²) in [4.78, 5) is 39.9. The molecule has 5 rings (SSSR count). The van der Waals surface area contributed by atoms with Crippen molar-refractivity contribution in [2.24, 2.45) is 40.4 Å². The van der Waals surface area contributed by atoms with E-state index in [0.29, 0.717) is 42.4 Å². The SMILES string of the molecule is CCC.COC(=O)[C@@H](CC(C)C)N1C[C@]2(CC[C@@]3(C)[C@@H](CC[C@@H]4[C@@H]3CC[C@]3(C)C(=O)CC[C@@H]43)C2)OC1=O. The molecule has 4 aliphatic carbocycles. The molecule has 5 fully saturated rings. The smallest absolute Gasteiger partial charge is 0.411 e. The lowest BCUT2D eigenvalue weighted by molar-refractivity contribution is -0.149. The summed E-state index contributed by atoms with van der Waals surface area (Å²) >= 11 is 0. The molecule has 4 saturated carbocycles. The highest BCUT2D eigenvalue weighted by Crippen LogP contribution is 2.66. The number of Topliss-reactive ketones (excluding diaryl/α,β-unsaturated/α-hetero) is 1. The van der Waals surface area contributed by atoms with Crippen molar-refractivity contribution >= 4 is 17.8 Å². The molecular formula is C31H51NO5. The van der Waals surface area contributed by atoms with Gasteiger partial charge in [0.15, 0.2) is 0 Å². The van der Waals surface area contributed by atoms with Crippen molar-refractivity contribution in [2.45, 2.75) is 124 Å². The highest BCUT2D eigenvalue weighted by molar-refractivity contribution is 5.87. The number of amides is 1. The third-order valence-electron chi connectivity index (χ3n) is 11.1. The lowest BCUT2D eigenvalue weighted by atomic mass is 9.44. The minimum Gasteiger partial charge on any atom is -0.467 e. The number of hydrogen-bond donors (Lipinski definition) is 0. The average molecular weight is 518 g/mol. The fraction of sp³-hybridized carbons (Fsp3) is 0.903. The summed E-state index contributed by atoms with van der Waals surface area (Å²) in [5.74, 6) is 2.85. The van der Waals surface area contributed by atoms with Crippen molar-refractivity contribution < 1.29 is 23.9 Å². The largest absolute Gasteiger partial charge is 0.467 e. The van der Waals surface area contributed by atoms with Gasteiger partial charge in [-0.05, 0) is 92.8 Å². The summed E-state index contributed by atoms with van der Waals surface area (Å²) in [6.45, 7) is 13.6. The van der Waals surface area contributed by atoms with Crippen LogP contribution in [0.25, 0.3) is 0 Å². The molecule has 1 amide bonds. The van der Waals surface area contributed by atoms with Crippen LogP contribution < -0.4 is 0 Å². The van der Waals surface area contributed by atoms with E-state index in [9.17, 15) is 14.4 Å². The first-order valence-corrected chi connectivity index (χ1v) is 15.1. The Bertz CT molecular complexity index is 887. The normalized spacial score (nSPS) is 41.4. The van der Waals surface area contributed by atoms with Gasteiger partial charge in [-0.25, -0.2) is 9.59 Å². The van der Waals surface area contributed by atoms with Gasteiger partial charge < -0.3 is 9.47 Å². The fourth-order valence-electron chi connectivity index (χ4n) is 9.14. The van der Waals surface area contributed by atoms with Crippen LogP contribution in [0.4, 0.5) is 4.79 Å². The summed E-state index contributed by atoms with van der Waals surface area (Å²) in [5, 5.41) is 0. The van der Waals surface area contributed by atoms with Crippen molar-refractivity contribution in [3.8, 4) is 0 Å². The van der Waals surface area contributed by atoms with Gasteiger partial charge in [-0.1, -0.05) is 48.0 Å². The monoisotopic (exact) mass is 517 g/mol. The van der Waals surface area contributed by atoms with Gasteiger partial charge in [0.05, 0.1) is 13.7 Å². The van der Waals surface area contributed by atoms with E-state index in [1.807, 2.05) is 0 Å². The fourth-order valence-corrected chi connectivity index (χ4v) is 9.14. The van der Waals surface area contributed by atoms with E-state index in [1.165, 1.54) is 20.0 Å². The predicted octanol–water partition coefficient (Wildman–Crippen LogP) is 6.79. The Morgan fingerprint density at radius 1 is 1.05 bits per heavy atom. The minimum absolute atomic E-state index is 0.0823. The Kier molecular flexibility index (Phi) is 8.08. The number of rotatable bonds is 4. The summed E-state index contributed by atoms with van der Waals surface area (Å²) < 4.78 is 11.2. The van der Waals surface area contributed by atoms with E-state index in [1.54, 1.807) is 4.90 Å². The molecule has 0 aromatic rings. The second-order valence-corrected chi connectivity index (χ2v) is 13.8. The molecule has 1 aliphatic heterocycles. The van der Waals surface area contributed by atoms with E-state index < -0.39 is 11.6 Å². The first kappa shape index (κ1) is 28.4. The third-order valence-corrected chi connectivity index (χ3v) is 11.1. The van der Waals surface area contributed by atoms with E-state index >= 15 is 0 Å². The molecule has 6 nitrogen and oxygen atoms in total. The molecule has 5 aliphatic rings. The van der Waals surface area contributed by atoms with Crippen LogP contribution in [0.15, 0.2) is 0 Å². The molecule has 8 atom stereocenters. The summed E-state index contributed by atoms with van der Waals surface area (Å²) in [5.41, 5.74) is -0.314. The first-order chi connectivity index (χ1) is 17.4. The Morgan fingerprint density at radius 2 is 1.76 bits per heavy atom. The molecule has 37 heavy (non-hydrogen) atoms. The number of ketones is 1. The summed E-state index contributed by atoms with van der Waals surface area (Å²) in [6, 6.07) is -0.572. The van der Waals surface area contributed by atoms with Gasteiger partial charge in [0.1, 0.15) is 17.4 Å². The van der Waals surface area contributed by atoms with Crippen LogP contribution in [-0.4, -0.2) is 48.0 Å². The van der Waals surface area contributed by atoms with Gasteiger partial charge in [0, 0.05) is 11.8 Å². The molecule has 1 spiro atoms. The van der Waals surface area contributed by atoms with Gasteiger partial charge in [-0.3, -0.25) is 9.69 Å². The second kappa shape index (κ2) is 10.5. The number of ether oxygens (including phenoxy) is 2. The number of carbonyl (C=O) groups excluding carboxylic acids is 3. The number of nitrogens with zero attached hydrogens (tertiary/aromatic N) is 1. The van der Waals surface area contributed by atoms with Crippen LogP contribution in [0.3, 0.4) is 0 Å². The average Bonchev–Trinajstić information content (AvgIpc) is 3.33.